The highest BCUT2D eigenvalue weighted by Crippen LogP contribution is 1.97. The van der Waals surface area contributed by atoms with Crippen LogP contribution in [0.5, 0.6) is 0 Å². The van der Waals surface area contributed by atoms with E-state index in [-0.39, 0.29) is 5.91 Å². The number of hydrogen-bond acceptors (Lipinski definition) is 4. The van der Waals surface area contributed by atoms with Crippen molar-refractivity contribution >= 4 is 5.91 Å². The fraction of sp³-hybridized carbons (Fsp3) is 0.571. The maximum atomic E-state index is 11.8. The predicted molar refractivity (Wildman–Crippen MR) is 74.9 cm³/mol. The fourth-order valence-corrected chi connectivity index (χ4v) is 2.21. The van der Waals surface area contributed by atoms with Crippen LogP contribution in [0.15, 0.2) is 24.5 Å². The third-order valence-corrected chi connectivity index (χ3v) is 3.29. The molecule has 0 aliphatic carbocycles. The summed E-state index contributed by atoms with van der Waals surface area (Å²) in [5.74, 6) is 0.121. The lowest BCUT2D eigenvalue weighted by molar-refractivity contribution is -0.122. The lowest BCUT2D eigenvalue weighted by atomic mass is 10.2. The minimum Gasteiger partial charge on any atom is -0.355 e. The molecule has 2 N–H and O–H groups in total. The molecule has 5 heteroatoms. The van der Waals surface area contributed by atoms with E-state index in [9.17, 15) is 4.79 Å². The Hall–Kier alpha value is -1.46. The first-order chi connectivity index (χ1) is 9.34. The van der Waals surface area contributed by atoms with Gasteiger partial charge in [0.2, 0.25) is 5.91 Å². The van der Waals surface area contributed by atoms with E-state index in [1.165, 1.54) is 5.56 Å². The van der Waals surface area contributed by atoms with Gasteiger partial charge in [0, 0.05) is 32.0 Å². The fourth-order valence-electron chi connectivity index (χ4n) is 2.21. The second-order valence-corrected chi connectivity index (χ2v) is 4.84. The number of rotatable bonds is 5. The van der Waals surface area contributed by atoms with Crippen LogP contribution in [0.4, 0.5) is 0 Å². The quantitative estimate of drug-likeness (QED) is 0.786. The first-order valence-electron chi connectivity index (χ1n) is 6.93. The zero-order chi connectivity index (χ0) is 13.3. The van der Waals surface area contributed by atoms with Gasteiger partial charge in [-0.1, -0.05) is 0 Å². The van der Waals surface area contributed by atoms with Crippen LogP contribution in [0.3, 0.4) is 0 Å². The summed E-state index contributed by atoms with van der Waals surface area (Å²) < 4.78 is 0. The largest absolute Gasteiger partial charge is 0.355 e. The number of aromatic nitrogens is 1. The molecule has 1 saturated heterocycles. The minimum absolute atomic E-state index is 0.121. The van der Waals surface area contributed by atoms with Crippen molar-refractivity contribution in [3.05, 3.63) is 30.1 Å². The maximum Gasteiger partial charge on any atom is 0.234 e. The summed E-state index contributed by atoms with van der Waals surface area (Å²) >= 11 is 0. The molecule has 0 spiro atoms. The van der Waals surface area contributed by atoms with E-state index in [2.05, 4.69) is 20.5 Å². The van der Waals surface area contributed by atoms with Gasteiger partial charge in [-0.05, 0) is 43.6 Å². The molecule has 1 aliphatic heterocycles. The summed E-state index contributed by atoms with van der Waals surface area (Å²) in [6.07, 6.45) is 5.53. The molecule has 1 amide bonds. The number of carbonyl (C=O) groups excluding carboxylic acids is 1. The van der Waals surface area contributed by atoms with E-state index >= 15 is 0 Å². The molecule has 0 radical (unpaired) electrons. The molecule has 0 aromatic carbocycles. The van der Waals surface area contributed by atoms with Crippen molar-refractivity contribution in [1.29, 1.82) is 0 Å². The second kappa shape index (κ2) is 7.86. The Morgan fingerprint density at radius 2 is 2.16 bits per heavy atom. The Kier molecular flexibility index (Phi) is 5.78. The SMILES string of the molecule is O=C(CN1CCCNCC1)NCCc1ccncc1. The van der Waals surface area contributed by atoms with Crippen LogP contribution in [-0.4, -0.2) is 55.1 Å². The van der Waals surface area contributed by atoms with Crippen LogP contribution in [0, 0.1) is 0 Å². The predicted octanol–water partition coefficient (Wildman–Crippen LogP) is 0.0356. The first-order valence-corrected chi connectivity index (χ1v) is 6.93. The van der Waals surface area contributed by atoms with E-state index in [1.54, 1.807) is 12.4 Å². The Morgan fingerprint density at radius 3 is 3.00 bits per heavy atom. The van der Waals surface area contributed by atoms with Gasteiger partial charge in [-0.3, -0.25) is 14.7 Å². The molecule has 0 atom stereocenters. The van der Waals surface area contributed by atoms with Crippen LogP contribution in [0.1, 0.15) is 12.0 Å². The lowest BCUT2D eigenvalue weighted by Gasteiger charge is -2.18. The van der Waals surface area contributed by atoms with Crippen molar-refractivity contribution in [3.8, 4) is 0 Å². The minimum atomic E-state index is 0.121. The zero-order valence-electron chi connectivity index (χ0n) is 11.3. The summed E-state index contributed by atoms with van der Waals surface area (Å²) in [5.41, 5.74) is 1.20. The molecule has 0 saturated carbocycles. The van der Waals surface area contributed by atoms with Crippen LogP contribution in [-0.2, 0) is 11.2 Å². The van der Waals surface area contributed by atoms with Crippen LogP contribution >= 0.6 is 0 Å². The number of pyridine rings is 1. The molecule has 1 aromatic heterocycles. The number of nitrogens with one attached hydrogen (secondary N) is 2. The van der Waals surface area contributed by atoms with Gasteiger partial charge in [-0.2, -0.15) is 0 Å². The average Bonchev–Trinajstić information content (AvgIpc) is 2.68. The van der Waals surface area contributed by atoms with Crippen molar-refractivity contribution < 1.29 is 4.79 Å². The Bertz CT molecular complexity index is 374. The van der Waals surface area contributed by atoms with E-state index in [0.717, 1.165) is 39.0 Å². The van der Waals surface area contributed by atoms with Crippen LogP contribution in [0.2, 0.25) is 0 Å². The molecule has 1 fully saturated rings. The number of hydrogen-bond donors (Lipinski definition) is 2. The third kappa shape index (κ3) is 5.36. The summed E-state index contributed by atoms with van der Waals surface area (Å²) in [6.45, 7) is 5.19. The lowest BCUT2D eigenvalue weighted by Crippen LogP contribution is -2.39. The molecule has 5 nitrogen and oxygen atoms in total. The summed E-state index contributed by atoms with van der Waals surface area (Å²) in [4.78, 5) is 18.0. The standard InChI is InChI=1S/C14H22N4O/c19-14(12-18-10-1-5-15-9-11-18)17-8-4-13-2-6-16-7-3-13/h2-3,6-7,15H,1,4-5,8-12H2,(H,17,19). The molecule has 1 aliphatic rings. The molecule has 0 bridgehead atoms. The molecule has 2 heterocycles. The van der Waals surface area contributed by atoms with Crippen molar-refractivity contribution in [2.45, 2.75) is 12.8 Å². The molecule has 104 valence electrons. The normalized spacial score (nSPS) is 16.8. The van der Waals surface area contributed by atoms with E-state index in [1.807, 2.05) is 12.1 Å². The Labute approximate surface area is 114 Å². The molecular formula is C14H22N4O. The summed E-state index contributed by atoms with van der Waals surface area (Å²) in [6, 6.07) is 3.96. The van der Waals surface area contributed by atoms with Crippen LogP contribution in [0.25, 0.3) is 0 Å². The van der Waals surface area contributed by atoms with Gasteiger partial charge in [-0.25, -0.2) is 0 Å². The third-order valence-electron chi connectivity index (χ3n) is 3.29. The molecular weight excluding hydrogens is 240 g/mol. The number of nitrogens with zero attached hydrogens (tertiary/aromatic N) is 2. The van der Waals surface area contributed by atoms with E-state index < -0.39 is 0 Å². The van der Waals surface area contributed by atoms with Gasteiger partial charge >= 0.3 is 0 Å². The zero-order valence-corrected chi connectivity index (χ0v) is 11.3. The highest BCUT2D eigenvalue weighted by Gasteiger charge is 2.11. The van der Waals surface area contributed by atoms with E-state index in [0.29, 0.717) is 13.1 Å². The van der Waals surface area contributed by atoms with Crippen molar-refractivity contribution in [2.24, 2.45) is 0 Å². The average molecular weight is 262 g/mol. The van der Waals surface area contributed by atoms with Gasteiger partial charge in [0.25, 0.3) is 0 Å². The van der Waals surface area contributed by atoms with Gasteiger partial charge in [0.05, 0.1) is 6.54 Å². The van der Waals surface area contributed by atoms with Gasteiger partial charge in [0.1, 0.15) is 0 Å². The van der Waals surface area contributed by atoms with Crippen molar-refractivity contribution in [2.75, 3.05) is 39.3 Å². The van der Waals surface area contributed by atoms with Crippen LogP contribution < -0.4 is 10.6 Å². The first kappa shape index (κ1) is 14.0. The summed E-state index contributed by atoms with van der Waals surface area (Å²) in [5, 5.41) is 6.31. The monoisotopic (exact) mass is 262 g/mol. The van der Waals surface area contributed by atoms with Gasteiger partial charge < -0.3 is 10.6 Å². The van der Waals surface area contributed by atoms with E-state index in [4.69, 9.17) is 0 Å². The number of carbonyl (C=O) groups is 1. The maximum absolute atomic E-state index is 11.8. The Balaban J connectivity index is 1.64. The summed E-state index contributed by atoms with van der Waals surface area (Å²) in [7, 11) is 0. The topological polar surface area (TPSA) is 57.3 Å². The van der Waals surface area contributed by atoms with Crippen molar-refractivity contribution in [1.82, 2.24) is 20.5 Å². The molecule has 0 unspecified atom stereocenters. The highest BCUT2D eigenvalue weighted by atomic mass is 16.2. The van der Waals surface area contributed by atoms with Gasteiger partial charge in [-0.15, -0.1) is 0 Å². The highest BCUT2D eigenvalue weighted by molar-refractivity contribution is 5.78. The smallest absolute Gasteiger partial charge is 0.234 e. The second-order valence-electron chi connectivity index (χ2n) is 4.84. The van der Waals surface area contributed by atoms with Crippen molar-refractivity contribution in [3.63, 3.8) is 0 Å². The molecule has 19 heavy (non-hydrogen) atoms. The van der Waals surface area contributed by atoms with Gasteiger partial charge in [0.15, 0.2) is 0 Å². The molecule has 2 rings (SSSR count). The Morgan fingerprint density at radius 1 is 1.32 bits per heavy atom. The number of amides is 1. The molecule has 1 aromatic rings.